The van der Waals surface area contributed by atoms with E-state index in [1.807, 2.05) is 13.8 Å². The minimum Gasteiger partial charge on any atom is -0.468 e. The predicted octanol–water partition coefficient (Wildman–Crippen LogP) is 1.94. The topological polar surface area (TPSA) is 100 Å². The maximum atomic E-state index is 12.3. The Hall–Kier alpha value is -2.73. The molecule has 2 aromatic heterocycles. The number of amides is 1. The molecule has 0 unspecified atom stereocenters. The first kappa shape index (κ1) is 22.6. The van der Waals surface area contributed by atoms with Gasteiger partial charge in [-0.15, -0.1) is 5.10 Å². The fourth-order valence-electron chi connectivity index (χ4n) is 2.27. The van der Waals surface area contributed by atoms with Crippen LogP contribution in [-0.2, 0) is 22.6 Å². The normalized spacial score (nSPS) is 11.7. The molecule has 0 radical (unpaired) electrons. The van der Waals surface area contributed by atoms with Crippen LogP contribution in [-0.4, -0.2) is 58.2 Å². The number of alkyl halides is 3. The van der Waals surface area contributed by atoms with E-state index < -0.39 is 25.0 Å². The molecule has 0 saturated carbocycles. The molecule has 0 aliphatic heterocycles. The number of aromatic nitrogens is 4. The lowest BCUT2D eigenvalue weighted by molar-refractivity contribution is -0.154. The van der Waals surface area contributed by atoms with Gasteiger partial charge in [-0.2, -0.15) is 13.2 Å². The monoisotopic (exact) mass is 417 g/mol. The molecule has 29 heavy (non-hydrogen) atoms. The third kappa shape index (κ3) is 7.66. The van der Waals surface area contributed by atoms with Crippen LogP contribution in [0.3, 0.4) is 0 Å². The first-order chi connectivity index (χ1) is 13.8. The van der Waals surface area contributed by atoms with Crippen molar-refractivity contribution in [2.45, 2.75) is 39.4 Å². The van der Waals surface area contributed by atoms with E-state index in [-0.39, 0.29) is 24.7 Å². The van der Waals surface area contributed by atoms with Crippen LogP contribution >= 0.6 is 0 Å². The molecule has 0 saturated heterocycles. The molecule has 2 aromatic rings. The van der Waals surface area contributed by atoms with E-state index in [9.17, 15) is 18.0 Å². The van der Waals surface area contributed by atoms with Gasteiger partial charge in [-0.05, 0) is 19.9 Å². The summed E-state index contributed by atoms with van der Waals surface area (Å²) in [5, 5.41) is 10.2. The third-order valence-corrected chi connectivity index (χ3v) is 3.47. The molecule has 0 aromatic carbocycles. The molecular weight excluding hydrogens is 395 g/mol. The van der Waals surface area contributed by atoms with Crippen molar-refractivity contribution in [1.29, 1.82) is 0 Å². The first-order valence-corrected chi connectivity index (χ1v) is 8.87. The molecular formula is C17H22F3N5O4. The van der Waals surface area contributed by atoms with Crippen LogP contribution in [0.2, 0.25) is 0 Å². The Balaban J connectivity index is 1.94. The van der Waals surface area contributed by atoms with E-state index in [0.717, 1.165) is 0 Å². The van der Waals surface area contributed by atoms with Crippen LogP contribution in [0, 0.1) is 0 Å². The Bertz CT molecular complexity index is 778. The zero-order valence-electron chi connectivity index (χ0n) is 16.0. The summed E-state index contributed by atoms with van der Waals surface area (Å²) >= 11 is 0. The average Bonchev–Trinajstić information content (AvgIpc) is 3.13. The molecule has 1 N–H and O–H groups in total. The van der Waals surface area contributed by atoms with Gasteiger partial charge in [0.1, 0.15) is 0 Å². The Morgan fingerprint density at radius 1 is 1.28 bits per heavy atom. The van der Waals surface area contributed by atoms with Gasteiger partial charge in [0.05, 0.1) is 12.7 Å². The average molecular weight is 417 g/mol. The Kier molecular flexibility index (Phi) is 8.34. The van der Waals surface area contributed by atoms with Gasteiger partial charge in [-0.1, -0.05) is 11.3 Å². The maximum absolute atomic E-state index is 12.3. The predicted molar refractivity (Wildman–Crippen MR) is 94.0 cm³/mol. The van der Waals surface area contributed by atoms with Crippen LogP contribution in [0.5, 0.6) is 5.88 Å². The maximum Gasteiger partial charge on any atom is 0.422 e. The van der Waals surface area contributed by atoms with Crippen molar-refractivity contribution in [3.05, 3.63) is 35.8 Å². The van der Waals surface area contributed by atoms with E-state index >= 15 is 0 Å². The zero-order chi connectivity index (χ0) is 21.3. The van der Waals surface area contributed by atoms with Gasteiger partial charge < -0.3 is 19.5 Å². The molecule has 0 atom stereocenters. The van der Waals surface area contributed by atoms with Crippen molar-refractivity contribution in [3.8, 4) is 5.88 Å². The van der Waals surface area contributed by atoms with Crippen LogP contribution < -0.4 is 10.1 Å². The molecule has 1 amide bonds. The molecule has 9 nitrogen and oxygen atoms in total. The van der Waals surface area contributed by atoms with Crippen LogP contribution in [0.25, 0.3) is 0 Å². The van der Waals surface area contributed by atoms with Gasteiger partial charge >= 0.3 is 6.18 Å². The van der Waals surface area contributed by atoms with Crippen LogP contribution in [0.1, 0.15) is 29.9 Å². The van der Waals surface area contributed by atoms with E-state index in [1.165, 1.54) is 29.2 Å². The quantitative estimate of drug-likeness (QED) is 0.558. The summed E-state index contributed by atoms with van der Waals surface area (Å²) < 4.78 is 53.9. The summed E-state index contributed by atoms with van der Waals surface area (Å²) in [6.07, 6.45) is -2.29. The van der Waals surface area contributed by atoms with Crippen molar-refractivity contribution in [2.75, 3.05) is 19.8 Å². The number of rotatable bonds is 11. The Morgan fingerprint density at radius 2 is 2.00 bits per heavy atom. The molecule has 0 aliphatic rings. The summed E-state index contributed by atoms with van der Waals surface area (Å²) in [6, 6.07) is 3.03. The smallest absolute Gasteiger partial charge is 0.422 e. The van der Waals surface area contributed by atoms with Gasteiger partial charge in [0.2, 0.25) is 5.88 Å². The van der Waals surface area contributed by atoms with Crippen molar-refractivity contribution in [3.63, 3.8) is 0 Å². The second-order valence-corrected chi connectivity index (χ2v) is 5.72. The molecule has 0 spiro atoms. The van der Waals surface area contributed by atoms with E-state index in [1.54, 1.807) is 0 Å². The van der Waals surface area contributed by atoms with Crippen molar-refractivity contribution in [2.24, 2.45) is 0 Å². The number of nitrogens with one attached hydrogen (secondary N) is 1. The minimum atomic E-state index is -4.49. The fraction of sp³-hybridized carbons (Fsp3) is 0.529. The van der Waals surface area contributed by atoms with Gasteiger partial charge in [0.15, 0.2) is 18.6 Å². The lowest BCUT2D eigenvalue weighted by Gasteiger charge is -2.16. The second kappa shape index (κ2) is 10.7. The van der Waals surface area contributed by atoms with Crippen LogP contribution in [0.15, 0.2) is 24.5 Å². The summed E-state index contributed by atoms with van der Waals surface area (Å²) in [4.78, 5) is 16.0. The molecule has 0 bridgehead atoms. The third-order valence-electron chi connectivity index (χ3n) is 3.47. The van der Waals surface area contributed by atoms with Gasteiger partial charge in [0.25, 0.3) is 5.91 Å². The fourth-order valence-corrected chi connectivity index (χ4v) is 2.27. The molecule has 160 valence electrons. The van der Waals surface area contributed by atoms with E-state index in [2.05, 4.69) is 25.3 Å². The van der Waals surface area contributed by atoms with Crippen molar-refractivity contribution >= 4 is 5.91 Å². The van der Waals surface area contributed by atoms with Crippen LogP contribution in [0.4, 0.5) is 13.2 Å². The van der Waals surface area contributed by atoms with Crippen molar-refractivity contribution in [1.82, 2.24) is 25.3 Å². The molecule has 12 heteroatoms. The molecule has 2 rings (SSSR count). The lowest BCUT2D eigenvalue weighted by atomic mass is 10.2. The molecule has 2 heterocycles. The number of carbonyl (C=O) groups excluding carboxylic acids is 1. The minimum absolute atomic E-state index is 0.0402. The zero-order valence-corrected chi connectivity index (χ0v) is 16.0. The number of halogens is 3. The van der Waals surface area contributed by atoms with Gasteiger partial charge in [-0.3, -0.25) is 4.79 Å². The molecule has 0 aliphatic carbocycles. The summed E-state index contributed by atoms with van der Waals surface area (Å²) in [5.74, 6) is -0.753. The van der Waals surface area contributed by atoms with E-state index in [4.69, 9.17) is 9.47 Å². The lowest BCUT2D eigenvalue weighted by Crippen LogP contribution is -2.25. The highest BCUT2D eigenvalue weighted by Gasteiger charge is 2.29. The highest BCUT2D eigenvalue weighted by molar-refractivity contribution is 5.91. The highest BCUT2D eigenvalue weighted by Crippen LogP contribution is 2.19. The first-order valence-electron chi connectivity index (χ1n) is 8.87. The largest absolute Gasteiger partial charge is 0.468 e. The van der Waals surface area contributed by atoms with Gasteiger partial charge in [-0.25, -0.2) is 9.67 Å². The number of hydrogen-bond acceptors (Lipinski definition) is 7. The number of hydrogen-bond donors (Lipinski definition) is 1. The SMILES string of the molecule is CCOC(Cn1cc(C(=O)NCc2cccnc2OCC(F)(F)F)nn1)OCC. The summed E-state index contributed by atoms with van der Waals surface area (Å²) in [6.45, 7) is 3.26. The summed E-state index contributed by atoms with van der Waals surface area (Å²) in [5.41, 5.74) is 0.337. The van der Waals surface area contributed by atoms with E-state index in [0.29, 0.717) is 18.8 Å². The van der Waals surface area contributed by atoms with Crippen molar-refractivity contribution < 1.29 is 32.2 Å². The Morgan fingerprint density at radius 3 is 2.66 bits per heavy atom. The molecule has 0 fully saturated rings. The highest BCUT2D eigenvalue weighted by atomic mass is 19.4. The number of ether oxygens (including phenoxy) is 3. The number of carbonyl (C=O) groups is 1. The second-order valence-electron chi connectivity index (χ2n) is 5.72. The van der Waals surface area contributed by atoms with Gasteiger partial charge in [0, 0.05) is 31.5 Å². The number of nitrogens with zero attached hydrogens (tertiary/aromatic N) is 4. The standard InChI is InChI=1S/C17H22F3N5O4/c1-3-27-14(28-4-2)10-25-9-13(23-24-25)15(26)22-8-12-6-5-7-21-16(12)29-11-17(18,19)20/h5-7,9,14H,3-4,8,10-11H2,1-2H3,(H,22,26). The Labute approximate surface area is 165 Å². The summed E-state index contributed by atoms with van der Waals surface area (Å²) in [7, 11) is 0. The number of pyridine rings is 1.